The highest BCUT2D eigenvalue weighted by Gasteiger charge is 2.17. The van der Waals surface area contributed by atoms with E-state index in [1.165, 1.54) is 19.2 Å². The lowest BCUT2D eigenvalue weighted by molar-refractivity contribution is 0.305. The van der Waals surface area contributed by atoms with E-state index >= 15 is 0 Å². The Bertz CT molecular complexity index is 636. The molecular weight excluding hydrogens is 297 g/mol. The summed E-state index contributed by atoms with van der Waals surface area (Å²) in [5, 5.41) is 18.8. The summed E-state index contributed by atoms with van der Waals surface area (Å²) in [5.41, 5.74) is 0.933. The topological polar surface area (TPSA) is 58.9 Å². The summed E-state index contributed by atoms with van der Waals surface area (Å²) in [6, 6.07) is 8.73. The summed E-state index contributed by atoms with van der Waals surface area (Å²) in [6.45, 7) is 0.148. The Morgan fingerprint density at radius 3 is 2.48 bits per heavy atom. The van der Waals surface area contributed by atoms with Crippen LogP contribution < -0.4 is 14.9 Å². The van der Waals surface area contributed by atoms with Gasteiger partial charge in [-0.1, -0.05) is 23.7 Å². The molecule has 21 heavy (non-hydrogen) atoms. The van der Waals surface area contributed by atoms with Crippen LogP contribution in [0.3, 0.4) is 0 Å². The molecule has 0 aliphatic carbocycles. The Kier molecular flexibility index (Phi) is 5.06. The van der Waals surface area contributed by atoms with E-state index in [1.54, 1.807) is 18.2 Å². The second-order valence-electron chi connectivity index (χ2n) is 4.31. The predicted octanol–water partition coefficient (Wildman–Crippen LogP) is 1.75. The second-order valence-corrected chi connectivity index (χ2v) is 4.72. The molecule has 2 N–H and O–H groups in total. The van der Waals surface area contributed by atoms with E-state index in [0.717, 1.165) is 6.07 Å². The monoisotopic (exact) mass is 310 g/mol. The maximum Gasteiger partial charge on any atom is 0.492 e. The third-order valence-corrected chi connectivity index (χ3v) is 3.16. The van der Waals surface area contributed by atoms with E-state index in [9.17, 15) is 14.4 Å². The molecule has 0 spiro atoms. The van der Waals surface area contributed by atoms with Crippen LogP contribution in [0.25, 0.3) is 0 Å². The van der Waals surface area contributed by atoms with Crippen molar-refractivity contribution in [2.75, 3.05) is 7.11 Å². The molecule has 0 radical (unpaired) electrons. The molecule has 4 nitrogen and oxygen atoms in total. The molecule has 110 valence electrons. The first-order chi connectivity index (χ1) is 10.0. The summed E-state index contributed by atoms with van der Waals surface area (Å²) < 4.78 is 23.4. The maximum absolute atomic E-state index is 12.9. The number of benzene rings is 2. The highest BCUT2D eigenvalue weighted by atomic mass is 35.5. The van der Waals surface area contributed by atoms with E-state index in [2.05, 4.69) is 0 Å². The van der Waals surface area contributed by atoms with Gasteiger partial charge in [0, 0.05) is 5.46 Å². The van der Waals surface area contributed by atoms with Gasteiger partial charge < -0.3 is 19.5 Å². The van der Waals surface area contributed by atoms with Crippen molar-refractivity contribution in [3.8, 4) is 11.5 Å². The lowest BCUT2D eigenvalue weighted by atomic mass is 9.79. The molecule has 2 rings (SSSR count). The summed E-state index contributed by atoms with van der Waals surface area (Å²) in [4.78, 5) is 0. The third-order valence-electron chi connectivity index (χ3n) is 2.86. The van der Waals surface area contributed by atoms with Crippen molar-refractivity contribution in [1.29, 1.82) is 0 Å². The lowest BCUT2D eigenvalue weighted by Gasteiger charge is -2.12. The van der Waals surface area contributed by atoms with E-state index < -0.39 is 12.9 Å². The molecule has 0 aliphatic heterocycles. The summed E-state index contributed by atoms with van der Waals surface area (Å²) in [5.74, 6) is 0.274. The smallest absolute Gasteiger partial charge is 0.492 e. The zero-order chi connectivity index (χ0) is 15.4. The zero-order valence-electron chi connectivity index (χ0n) is 11.2. The van der Waals surface area contributed by atoms with E-state index in [-0.39, 0.29) is 17.1 Å². The van der Waals surface area contributed by atoms with Crippen molar-refractivity contribution in [2.45, 2.75) is 6.61 Å². The first kappa shape index (κ1) is 15.6. The van der Waals surface area contributed by atoms with Crippen LogP contribution in [0.5, 0.6) is 11.5 Å². The first-order valence-electron chi connectivity index (χ1n) is 6.12. The van der Waals surface area contributed by atoms with Gasteiger partial charge in [-0.15, -0.1) is 0 Å². The van der Waals surface area contributed by atoms with Crippen LogP contribution in [-0.2, 0) is 6.61 Å². The third kappa shape index (κ3) is 3.88. The molecule has 7 heteroatoms. The van der Waals surface area contributed by atoms with Crippen molar-refractivity contribution in [3.63, 3.8) is 0 Å². The Morgan fingerprint density at radius 1 is 1.14 bits per heavy atom. The number of methoxy groups -OCH3 is 1. The van der Waals surface area contributed by atoms with E-state index in [4.69, 9.17) is 21.1 Å². The van der Waals surface area contributed by atoms with Crippen LogP contribution in [-0.4, -0.2) is 24.3 Å². The number of hydrogen-bond donors (Lipinski definition) is 2. The van der Waals surface area contributed by atoms with Gasteiger partial charge in [0.1, 0.15) is 23.9 Å². The molecule has 0 saturated carbocycles. The Morgan fingerprint density at radius 2 is 1.86 bits per heavy atom. The summed E-state index contributed by atoms with van der Waals surface area (Å²) in [7, 11) is -0.204. The van der Waals surface area contributed by atoms with Crippen LogP contribution in [0.2, 0.25) is 5.02 Å². The fourth-order valence-corrected chi connectivity index (χ4v) is 2.05. The van der Waals surface area contributed by atoms with Crippen LogP contribution in [0, 0.1) is 5.82 Å². The standard InChI is InChI=1S/C14H13BClFO4/c1-20-13-4-2-9(6-11(13)15(18)19)8-21-14-5-3-10(17)7-12(14)16/h2-7,18-19H,8H2,1H3. The Labute approximate surface area is 126 Å². The molecule has 2 aromatic rings. The molecule has 0 aromatic heterocycles. The molecule has 0 heterocycles. The Balaban J connectivity index is 2.14. The highest BCUT2D eigenvalue weighted by molar-refractivity contribution is 6.59. The van der Waals surface area contributed by atoms with E-state index in [1.807, 2.05) is 0 Å². The first-order valence-corrected chi connectivity index (χ1v) is 6.50. The fraction of sp³-hybridized carbons (Fsp3) is 0.143. The van der Waals surface area contributed by atoms with Gasteiger partial charge in [0.2, 0.25) is 0 Å². The molecule has 0 amide bonds. The number of ether oxygens (including phenoxy) is 2. The minimum Gasteiger partial charge on any atom is -0.497 e. The number of halogens is 2. The molecular formula is C14H13BClFO4. The van der Waals surface area contributed by atoms with Crippen molar-refractivity contribution in [3.05, 3.63) is 52.8 Å². The number of rotatable bonds is 5. The molecule has 0 unspecified atom stereocenters. The van der Waals surface area contributed by atoms with Gasteiger partial charge in [-0.25, -0.2) is 4.39 Å². The average molecular weight is 311 g/mol. The van der Waals surface area contributed by atoms with Crippen molar-refractivity contribution in [1.82, 2.24) is 0 Å². The fourth-order valence-electron chi connectivity index (χ4n) is 1.83. The molecule has 2 aromatic carbocycles. The van der Waals surface area contributed by atoms with E-state index in [0.29, 0.717) is 17.1 Å². The molecule has 0 aliphatic rings. The van der Waals surface area contributed by atoms with Gasteiger partial charge in [-0.05, 0) is 29.8 Å². The van der Waals surface area contributed by atoms with Crippen LogP contribution in [0.15, 0.2) is 36.4 Å². The van der Waals surface area contributed by atoms with Gasteiger partial charge >= 0.3 is 7.12 Å². The van der Waals surface area contributed by atoms with Gasteiger partial charge in [0.15, 0.2) is 0 Å². The average Bonchev–Trinajstić information content (AvgIpc) is 2.46. The summed E-state index contributed by atoms with van der Waals surface area (Å²) >= 11 is 5.86. The van der Waals surface area contributed by atoms with Crippen LogP contribution >= 0.6 is 11.6 Å². The van der Waals surface area contributed by atoms with Crippen LogP contribution in [0.1, 0.15) is 5.56 Å². The minimum atomic E-state index is -1.64. The van der Waals surface area contributed by atoms with Gasteiger partial charge in [0.25, 0.3) is 0 Å². The van der Waals surface area contributed by atoms with Gasteiger partial charge in [-0.2, -0.15) is 0 Å². The lowest BCUT2D eigenvalue weighted by Crippen LogP contribution is -2.31. The van der Waals surface area contributed by atoms with Crippen molar-refractivity contribution < 1.29 is 23.9 Å². The van der Waals surface area contributed by atoms with Crippen molar-refractivity contribution >= 4 is 24.2 Å². The largest absolute Gasteiger partial charge is 0.497 e. The quantitative estimate of drug-likeness (QED) is 0.826. The summed E-state index contributed by atoms with van der Waals surface area (Å²) in [6.07, 6.45) is 0. The SMILES string of the molecule is COc1ccc(COc2ccc(F)cc2Cl)cc1B(O)O. The number of hydrogen-bond acceptors (Lipinski definition) is 4. The molecule has 0 bridgehead atoms. The maximum atomic E-state index is 12.9. The molecule has 0 fully saturated rings. The molecule has 0 saturated heterocycles. The predicted molar refractivity (Wildman–Crippen MR) is 78.6 cm³/mol. The normalized spacial score (nSPS) is 10.3. The highest BCUT2D eigenvalue weighted by Crippen LogP contribution is 2.25. The van der Waals surface area contributed by atoms with Crippen molar-refractivity contribution in [2.24, 2.45) is 0 Å². The van der Waals surface area contributed by atoms with Gasteiger partial charge in [0.05, 0.1) is 12.1 Å². The molecule has 0 atom stereocenters. The van der Waals surface area contributed by atoms with Crippen LogP contribution in [0.4, 0.5) is 4.39 Å². The minimum absolute atomic E-state index is 0.148. The van der Waals surface area contributed by atoms with Gasteiger partial charge in [-0.3, -0.25) is 0 Å². The Hall–Kier alpha value is -1.76. The second kappa shape index (κ2) is 6.80. The zero-order valence-corrected chi connectivity index (χ0v) is 12.0.